The molecule has 8 heteroatoms. The highest BCUT2D eigenvalue weighted by Crippen LogP contribution is 2.38. The molecule has 0 aromatic carbocycles. The van der Waals surface area contributed by atoms with E-state index in [0.29, 0.717) is 31.6 Å². The van der Waals surface area contributed by atoms with Crippen molar-refractivity contribution in [2.45, 2.75) is 123 Å². The Labute approximate surface area is 181 Å². The van der Waals surface area contributed by atoms with Crippen molar-refractivity contribution < 1.29 is 29.5 Å². The summed E-state index contributed by atoms with van der Waals surface area (Å²) in [6.07, 6.45) is 1.41. The molecule has 1 aliphatic heterocycles. The van der Waals surface area contributed by atoms with Crippen LogP contribution in [0.25, 0.3) is 0 Å². The fraction of sp³-hybridized carbons (Fsp3) is 0.909. The van der Waals surface area contributed by atoms with Gasteiger partial charge in [-0.2, -0.15) is 10.5 Å². The fourth-order valence-electron chi connectivity index (χ4n) is 4.27. The second-order valence-electron chi connectivity index (χ2n) is 10.9. The Balaban J connectivity index is 2.55. The van der Waals surface area contributed by atoms with E-state index >= 15 is 0 Å². The van der Waals surface area contributed by atoms with Crippen LogP contribution >= 0.6 is 0 Å². The molecule has 1 aliphatic rings. The molecule has 1 rings (SSSR count). The molecular formula is C22H42N2O6. The highest BCUT2D eigenvalue weighted by atomic mass is 16.6. The first-order valence-corrected chi connectivity index (χ1v) is 10.9. The number of nitrogens with one attached hydrogen (secondary N) is 1. The van der Waals surface area contributed by atoms with Crippen LogP contribution in [0.1, 0.15) is 93.9 Å². The third kappa shape index (κ3) is 8.49. The van der Waals surface area contributed by atoms with E-state index in [4.69, 9.17) is 9.47 Å². The van der Waals surface area contributed by atoms with Crippen LogP contribution in [0, 0.1) is 5.92 Å². The van der Waals surface area contributed by atoms with Crippen LogP contribution in [0.3, 0.4) is 0 Å². The normalized spacial score (nSPS) is 20.8. The average molecular weight is 431 g/mol. The van der Waals surface area contributed by atoms with Crippen molar-refractivity contribution in [2.75, 3.05) is 0 Å². The highest BCUT2D eigenvalue weighted by Gasteiger charge is 2.46. The molecule has 3 N–H and O–H groups in total. The Hall–Kier alpha value is -1.22. The fourth-order valence-corrected chi connectivity index (χ4v) is 4.27. The van der Waals surface area contributed by atoms with Gasteiger partial charge < -0.3 is 19.9 Å². The molecule has 1 fully saturated rings. The number of hydrogen-bond donors (Lipinski definition) is 3. The summed E-state index contributed by atoms with van der Waals surface area (Å²) < 4.78 is 11.2. The number of hydrogen-bond acceptors (Lipinski definition) is 8. The lowest BCUT2D eigenvalue weighted by molar-refractivity contribution is -0.259. The number of piperidine rings is 1. The van der Waals surface area contributed by atoms with Gasteiger partial charge in [0.15, 0.2) is 0 Å². The lowest BCUT2D eigenvalue weighted by Crippen LogP contribution is -2.60. The van der Waals surface area contributed by atoms with Gasteiger partial charge in [-0.25, -0.2) is 0 Å². The average Bonchev–Trinajstić information content (AvgIpc) is 2.56. The number of ether oxygens (including phenoxy) is 2. The first-order chi connectivity index (χ1) is 13.6. The minimum Gasteiger partial charge on any atom is -0.462 e. The van der Waals surface area contributed by atoms with E-state index < -0.39 is 28.6 Å². The van der Waals surface area contributed by atoms with Crippen LogP contribution in [-0.4, -0.2) is 56.2 Å². The minimum atomic E-state index is -0.583. The minimum absolute atomic E-state index is 0.0466. The Bertz CT molecular complexity index is 551. The zero-order chi connectivity index (χ0) is 23.3. The number of nitrogens with zero attached hydrogens (tertiary/aromatic N) is 1. The second-order valence-corrected chi connectivity index (χ2v) is 10.9. The van der Waals surface area contributed by atoms with E-state index in [0.717, 1.165) is 0 Å². The molecule has 1 heterocycles. The number of carbonyl (C=O) groups excluding carboxylic acids is 2. The third-order valence-corrected chi connectivity index (χ3v) is 5.51. The van der Waals surface area contributed by atoms with E-state index in [2.05, 4.69) is 5.48 Å². The molecule has 8 nitrogen and oxygen atoms in total. The molecule has 30 heavy (non-hydrogen) atoms. The number of esters is 2. The van der Waals surface area contributed by atoms with Crippen LogP contribution < -0.4 is 5.48 Å². The van der Waals surface area contributed by atoms with E-state index in [1.54, 1.807) is 0 Å². The summed E-state index contributed by atoms with van der Waals surface area (Å²) in [5.41, 5.74) is 0.639. The molecule has 176 valence electrons. The zero-order valence-corrected chi connectivity index (χ0v) is 19.9. The molecule has 0 aromatic rings. The maximum absolute atomic E-state index is 12.3. The van der Waals surface area contributed by atoms with Crippen molar-refractivity contribution in [3.8, 4) is 0 Å². The quantitative estimate of drug-likeness (QED) is 0.354. The van der Waals surface area contributed by atoms with Crippen molar-refractivity contribution in [1.29, 1.82) is 0 Å². The Morgan fingerprint density at radius 3 is 2.07 bits per heavy atom. The predicted molar refractivity (Wildman–Crippen MR) is 113 cm³/mol. The maximum atomic E-state index is 12.3. The Morgan fingerprint density at radius 2 is 1.60 bits per heavy atom. The van der Waals surface area contributed by atoms with Gasteiger partial charge in [-0.05, 0) is 53.9 Å². The van der Waals surface area contributed by atoms with Gasteiger partial charge in [-0.1, -0.05) is 13.8 Å². The van der Waals surface area contributed by atoms with E-state index in [9.17, 15) is 20.0 Å². The summed E-state index contributed by atoms with van der Waals surface area (Å²) in [6, 6.07) is 0. The van der Waals surface area contributed by atoms with Gasteiger partial charge in [0.2, 0.25) is 0 Å². The van der Waals surface area contributed by atoms with E-state index in [-0.39, 0.29) is 25.0 Å². The Kier molecular flexibility index (Phi) is 9.29. The molecule has 0 spiro atoms. The molecule has 0 aliphatic carbocycles. The molecule has 1 unspecified atom stereocenters. The van der Waals surface area contributed by atoms with E-state index in [1.807, 2.05) is 55.4 Å². The van der Waals surface area contributed by atoms with Gasteiger partial charge in [-0.3, -0.25) is 9.59 Å². The summed E-state index contributed by atoms with van der Waals surface area (Å²) in [7, 11) is 0. The van der Waals surface area contributed by atoms with Gasteiger partial charge in [0.25, 0.3) is 0 Å². The smallest absolute Gasteiger partial charge is 0.306 e. The molecular weight excluding hydrogens is 388 g/mol. The first-order valence-electron chi connectivity index (χ1n) is 10.9. The van der Waals surface area contributed by atoms with Gasteiger partial charge in [0.1, 0.15) is 12.2 Å². The van der Waals surface area contributed by atoms with Crippen molar-refractivity contribution >= 4 is 11.9 Å². The first kappa shape index (κ1) is 26.8. The molecule has 0 bridgehead atoms. The van der Waals surface area contributed by atoms with Crippen molar-refractivity contribution in [1.82, 2.24) is 10.5 Å². The largest absolute Gasteiger partial charge is 0.462 e. The lowest BCUT2D eigenvalue weighted by Gasteiger charge is -2.50. The number of carbonyl (C=O) groups is 2. The van der Waals surface area contributed by atoms with Crippen molar-refractivity contribution in [3.05, 3.63) is 0 Å². The standard InChI is InChI=1S/C22H42N2O6/c1-15(2)11-16(12-20(3,4)23-27)29-18(25)9-10-19(26)30-17-13-21(5,6)24(28)22(7,8)14-17/h15-17,23,27-28H,9-14H2,1-8H3. The van der Waals surface area contributed by atoms with Gasteiger partial charge >= 0.3 is 11.9 Å². The van der Waals surface area contributed by atoms with Crippen LogP contribution in [0.15, 0.2) is 0 Å². The maximum Gasteiger partial charge on any atom is 0.306 e. The van der Waals surface area contributed by atoms with Crippen LogP contribution in [0.2, 0.25) is 0 Å². The van der Waals surface area contributed by atoms with Gasteiger partial charge in [-0.15, -0.1) is 0 Å². The molecule has 1 saturated heterocycles. The lowest BCUT2D eigenvalue weighted by atomic mass is 9.80. The SMILES string of the molecule is CC(C)CC(CC(C)(C)NO)OC(=O)CCC(=O)OC1CC(C)(C)N(O)C(C)(C)C1. The summed E-state index contributed by atoms with van der Waals surface area (Å²) in [4.78, 5) is 24.6. The Morgan fingerprint density at radius 1 is 1.10 bits per heavy atom. The monoisotopic (exact) mass is 430 g/mol. The molecule has 0 amide bonds. The molecule has 0 aromatic heterocycles. The third-order valence-electron chi connectivity index (χ3n) is 5.51. The summed E-state index contributed by atoms with van der Waals surface area (Å²) in [5, 5.41) is 20.9. The molecule has 0 saturated carbocycles. The van der Waals surface area contributed by atoms with Crippen LogP contribution in [0.4, 0.5) is 0 Å². The van der Waals surface area contributed by atoms with Crippen molar-refractivity contribution in [3.63, 3.8) is 0 Å². The molecule has 1 atom stereocenters. The van der Waals surface area contributed by atoms with Crippen LogP contribution in [-0.2, 0) is 19.1 Å². The summed E-state index contributed by atoms with van der Waals surface area (Å²) >= 11 is 0. The molecule has 0 radical (unpaired) electrons. The van der Waals surface area contributed by atoms with Gasteiger partial charge in [0.05, 0.1) is 12.8 Å². The second kappa shape index (κ2) is 10.4. The van der Waals surface area contributed by atoms with Crippen molar-refractivity contribution in [2.24, 2.45) is 5.92 Å². The number of hydroxylamine groups is 3. The topological polar surface area (TPSA) is 108 Å². The zero-order valence-electron chi connectivity index (χ0n) is 19.9. The summed E-state index contributed by atoms with van der Waals surface area (Å²) in [6.45, 7) is 15.4. The highest BCUT2D eigenvalue weighted by molar-refractivity contribution is 5.77. The van der Waals surface area contributed by atoms with Crippen LogP contribution in [0.5, 0.6) is 0 Å². The summed E-state index contributed by atoms with van der Waals surface area (Å²) in [5.74, 6) is -0.559. The predicted octanol–water partition coefficient (Wildman–Crippen LogP) is 3.83. The number of rotatable bonds is 10. The van der Waals surface area contributed by atoms with Gasteiger partial charge in [0, 0.05) is 35.9 Å². The van der Waals surface area contributed by atoms with E-state index in [1.165, 1.54) is 5.06 Å².